The first-order valence-electron chi connectivity index (χ1n) is 6.67. The van der Waals surface area contributed by atoms with Gasteiger partial charge in [0.25, 0.3) is 0 Å². The van der Waals surface area contributed by atoms with Crippen LogP contribution in [-0.4, -0.2) is 12.5 Å². The van der Waals surface area contributed by atoms with Gasteiger partial charge in [-0.05, 0) is 42.9 Å². The SMILES string of the molecule is CCNCc1ccc(Cl)cc1Oc1ccc(C(N)=O)cc1. The van der Waals surface area contributed by atoms with Crippen molar-refractivity contribution in [3.8, 4) is 11.5 Å². The molecule has 0 radical (unpaired) electrons. The van der Waals surface area contributed by atoms with E-state index < -0.39 is 5.91 Å². The van der Waals surface area contributed by atoms with E-state index in [0.29, 0.717) is 28.6 Å². The topological polar surface area (TPSA) is 64.3 Å². The van der Waals surface area contributed by atoms with Crippen LogP contribution in [0, 0.1) is 0 Å². The largest absolute Gasteiger partial charge is 0.457 e. The van der Waals surface area contributed by atoms with Crippen LogP contribution in [0.2, 0.25) is 5.02 Å². The number of nitrogens with two attached hydrogens (primary N) is 1. The van der Waals surface area contributed by atoms with Crippen LogP contribution in [0.1, 0.15) is 22.8 Å². The average molecular weight is 305 g/mol. The Bertz CT molecular complexity index is 627. The number of halogens is 1. The molecule has 0 aromatic heterocycles. The van der Waals surface area contributed by atoms with E-state index in [2.05, 4.69) is 5.32 Å². The summed E-state index contributed by atoms with van der Waals surface area (Å²) in [5.41, 5.74) is 6.67. The molecule has 4 nitrogen and oxygen atoms in total. The van der Waals surface area contributed by atoms with Crippen molar-refractivity contribution in [3.05, 3.63) is 58.6 Å². The van der Waals surface area contributed by atoms with Gasteiger partial charge in [0.15, 0.2) is 0 Å². The molecule has 0 saturated carbocycles. The summed E-state index contributed by atoms with van der Waals surface area (Å²) in [7, 11) is 0. The molecule has 0 fully saturated rings. The van der Waals surface area contributed by atoms with Crippen molar-refractivity contribution in [2.45, 2.75) is 13.5 Å². The molecule has 0 aliphatic rings. The minimum atomic E-state index is -0.461. The molecule has 21 heavy (non-hydrogen) atoms. The minimum Gasteiger partial charge on any atom is -0.457 e. The summed E-state index contributed by atoms with van der Waals surface area (Å²) in [4.78, 5) is 11.0. The number of ether oxygens (including phenoxy) is 1. The van der Waals surface area contributed by atoms with E-state index in [1.54, 1.807) is 30.3 Å². The van der Waals surface area contributed by atoms with Gasteiger partial charge in [-0.2, -0.15) is 0 Å². The number of rotatable bonds is 6. The fourth-order valence-corrected chi connectivity index (χ4v) is 2.01. The maximum Gasteiger partial charge on any atom is 0.248 e. The van der Waals surface area contributed by atoms with E-state index in [-0.39, 0.29) is 0 Å². The van der Waals surface area contributed by atoms with Gasteiger partial charge in [-0.15, -0.1) is 0 Å². The Morgan fingerprint density at radius 3 is 2.57 bits per heavy atom. The smallest absolute Gasteiger partial charge is 0.248 e. The van der Waals surface area contributed by atoms with Crippen molar-refractivity contribution in [2.24, 2.45) is 5.73 Å². The number of benzene rings is 2. The lowest BCUT2D eigenvalue weighted by Crippen LogP contribution is -2.12. The predicted octanol–water partition coefficient (Wildman–Crippen LogP) is 3.34. The van der Waals surface area contributed by atoms with Crippen LogP contribution in [0.25, 0.3) is 0 Å². The van der Waals surface area contributed by atoms with Crippen LogP contribution < -0.4 is 15.8 Å². The zero-order valence-electron chi connectivity index (χ0n) is 11.7. The van der Waals surface area contributed by atoms with Gasteiger partial charge in [-0.1, -0.05) is 24.6 Å². The van der Waals surface area contributed by atoms with E-state index in [1.165, 1.54) is 0 Å². The van der Waals surface area contributed by atoms with E-state index in [1.807, 2.05) is 19.1 Å². The molecule has 0 saturated heterocycles. The summed E-state index contributed by atoms with van der Waals surface area (Å²) < 4.78 is 5.85. The molecule has 5 heteroatoms. The summed E-state index contributed by atoms with van der Waals surface area (Å²) in [5.74, 6) is 0.854. The molecule has 3 N–H and O–H groups in total. The molecule has 0 aliphatic heterocycles. The standard InChI is InChI=1S/C16H17ClN2O2/c1-2-19-10-12-3-6-13(17)9-15(12)21-14-7-4-11(5-8-14)16(18)20/h3-9,19H,2,10H2,1H3,(H2,18,20). The van der Waals surface area contributed by atoms with Gasteiger partial charge in [0, 0.05) is 22.7 Å². The minimum absolute atomic E-state index is 0.446. The van der Waals surface area contributed by atoms with Gasteiger partial charge < -0.3 is 15.8 Å². The van der Waals surface area contributed by atoms with Crippen molar-refractivity contribution in [1.29, 1.82) is 0 Å². The second-order valence-electron chi connectivity index (χ2n) is 4.52. The quantitative estimate of drug-likeness (QED) is 0.860. The Labute approximate surface area is 128 Å². The van der Waals surface area contributed by atoms with Gasteiger partial charge in [0.05, 0.1) is 0 Å². The van der Waals surface area contributed by atoms with Crippen LogP contribution in [0.5, 0.6) is 11.5 Å². The highest BCUT2D eigenvalue weighted by atomic mass is 35.5. The lowest BCUT2D eigenvalue weighted by atomic mass is 10.2. The third-order valence-electron chi connectivity index (χ3n) is 2.96. The summed E-state index contributed by atoms with van der Waals surface area (Å²) in [6, 6.07) is 12.2. The van der Waals surface area contributed by atoms with Gasteiger partial charge in [-0.3, -0.25) is 4.79 Å². The van der Waals surface area contributed by atoms with Crippen LogP contribution in [0.4, 0.5) is 0 Å². The number of nitrogens with one attached hydrogen (secondary N) is 1. The number of carbonyl (C=O) groups excluding carboxylic acids is 1. The number of primary amides is 1. The van der Waals surface area contributed by atoms with E-state index in [4.69, 9.17) is 22.1 Å². The Hall–Kier alpha value is -2.04. The first kappa shape index (κ1) is 15.4. The highest BCUT2D eigenvalue weighted by molar-refractivity contribution is 6.30. The molecule has 0 spiro atoms. The molecule has 0 atom stereocenters. The molecular formula is C16H17ClN2O2. The van der Waals surface area contributed by atoms with Crippen molar-refractivity contribution < 1.29 is 9.53 Å². The third kappa shape index (κ3) is 4.21. The first-order chi connectivity index (χ1) is 10.1. The Balaban J connectivity index is 2.21. The highest BCUT2D eigenvalue weighted by Crippen LogP contribution is 2.28. The normalized spacial score (nSPS) is 10.4. The average Bonchev–Trinajstić information content (AvgIpc) is 2.47. The molecular weight excluding hydrogens is 288 g/mol. The van der Waals surface area contributed by atoms with Crippen molar-refractivity contribution >= 4 is 17.5 Å². The van der Waals surface area contributed by atoms with Crippen molar-refractivity contribution in [1.82, 2.24) is 5.32 Å². The Morgan fingerprint density at radius 1 is 1.24 bits per heavy atom. The zero-order chi connectivity index (χ0) is 15.2. The lowest BCUT2D eigenvalue weighted by molar-refractivity contribution is 0.100. The van der Waals surface area contributed by atoms with E-state index >= 15 is 0 Å². The second kappa shape index (κ2) is 7.11. The molecule has 0 heterocycles. The predicted molar refractivity (Wildman–Crippen MR) is 83.9 cm³/mol. The Kier molecular flexibility index (Phi) is 5.20. The van der Waals surface area contributed by atoms with Crippen LogP contribution in [0.3, 0.4) is 0 Å². The van der Waals surface area contributed by atoms with Crippen LogP contribution in [0.15, 0.2) is 42.5 Å². The van der Waals surface area contributed by atoms with Gasteiger partial charge >= 0.3 is 0 Å². The molecule has 2 aromatic carbocycles. The van der Waals surface area contributed by atoms with Crippen LogP contribution in [-0.2, 0) is 6.54 Å². The fourth-order valence-electron chi connectivity index (χ4n) is 1.84. The molecule has 0 unspecified atom stereocenters. The number of hydrogen-bond acceptors (Lipinski definition) is 3. The fraction of sp³-hybridized carbons (Fsp3) is 0.188. The molecule has 1 amide bonds. The summed E-state index contributed by atoms with van der Waals surface area (Å²) in [5, 5.41) is 3.86. The maximum atomic E-state index is 11.0. The summed E-state index contributed by atoms with van der Waals surface area (Å²) >= 11 is 6.02. The highest BCUT2D eigenvalue weighted by Gasteiger charge is 2.07. The summed E-state index contributed by atoms with van der Waals surface area (Å²) in [6.45, 7) is 3.61. The maximum absolute atomic E-state index is 11.0. The number of carbonyl (C=O) groups is 1. The van der Waals surface area contributed by atoms with Crippen molar-refractivity contribution in [3.63, 3.8) is 0 Å². The molecule has 2 aromatic rings. The number of amides is 1. The molecule has 0 aliphatic carbocycles. The first-order valence-corrected chi connectivity index (χ1v) is 7.05. The van der Waals surface area contributed by atoms with Crippen molar-refractivity contribution in [2.75, 3.05) is 6.54 Å². The monoisotopic (exact) mass is 304 g/mol. The van der Waals surface area contributed by atoms with Gasteiger partial charge in [-0.25, -0.2) is 0 Å². The Morgan fingerprint density at radius 2 is 1.95 bits per heavy atom. The summed E-state index contributed by atoms with van der Waals surface area (Å²) in [6.07, 6.45) is 0. The van der Waals surface area contributed by atoms with Gasteiger partial charge in [0.1, 0.15) is 11.5 Å². The van der Waals surface area contributed by atoms with Gasteiger partial charge in [0.2, 0.25) is 5.91 Å². The lowest BCUT2D eigenvalue weighted by Gasteiger charge is -2.12. The molecule has 0 bridgehead atoms. The number of hydrogen-bond donors (Lipinski definition) is 2. The van der Waals surface area contributed by atoms with E-state index in [9.17, 15) is 4.79 Å². The van der Waals surface area contributed by atoms with Crippen LogP contribution >= 0.6 is 11.6 Å². The second-order valence-corrected chi connectivity index (χ2v) is 4.96. The zero-order valence-corrected chi connectivity index (χ0v) is 12.5. The molecule has 2 rings (SSSR count). The molecule has 110 valence electrons. The van der Waals surface area contributed by atoms with E-state index in [0.717, 1.165) is 12.1 Å². The third-order valence-corrected chi connectivity index (χ3v) is 3.20.